The molecule has 0 spiro atoms. The normalized spacial score (nSPS) is 13.5. The predicted octanol–water partition coefficient (Wildman–Crippen LogP) is 3.86. The zero-order chi connectivity index (χ0) is 18.6. The Morgan fingerprint density at radius 2 is 1.74 bits per heavy atom. The summed E-state index contributed by atoms with van der Waals surface area (Å²) >= 11 is 0. The van der Waals surface area contributed by atoms with Crippen molar-refractivity contribution in [3.05, 3.63) is 72.3 Å². The van der Waals surface area contributed by atoms with E-state index in [4.69, 9.17) is 9.47 Å². The van der Waals surface area contributed by atoms with Gasteiger partial charge in [0, 0.05) is 6.42 Å². The van der Waals surface area contributed by atoms with Crippen LogP contribution in [0, 0.1) is 0 Å². The molecule has 3 aromatic rings. The summed E-state index contributed by atoms with van der Waals surface area (Å²) in [4.78, 5) is 12.4. The standard InChI is InChI=1S/C22H20N2O3/c1-26-19-9-7-16-8-10-20(14-18(16)13-19)27-15-22(25)24-12-11-21(23-24)17-5-3-2-4-6-17/h2-10,13-14H,11-12,15H2,1H3. The molecule has 0 atom stereocenters. The summed E-state index contributed by atoms with van der Waals surface area (Å²) in [6.45, 7) is 0.544. The first-order chi connectivity index (χ1) is 13.2. The maximum absolute atomic E-state index is 12.4. The Morgan fingerprint density at radius 1 is 1.00 bits per heavy atom. The van der Waals surface area contributed by atoms with Crippen LogP contribution in [0.25, 0.3) is 10.8 Å². The van der Waals surface area contributed by atoms with Crippen LogP contribution >= 0.6 is 0 Å². The van der Waals surface area contributed by atoms with Crippen molar-refractivity contribution >= 4 is 22.4 Å². The van der Waals surface area contributed by atoms with E-state index in [0.717, 1.165) is 34.2 Å². The second-order valence-corrected chi connectivity index (χ2v) is 6.34. The van der Waals surface area contributed by atoms with Gasteiger partial charge in [-0.05, 0) is 40.6 Å². The van der Waals surface area contributed by atoms with Gasteiger partial charge in [-0.2, -0.15) is 5.10 Å². The maximum Gasteiger partial charge on any atom is 0.280 e. The zero-order valence-electron chi connectivity index (χ0n) is 15.1. The highest BCUT2D eigenvalue weighted by atomic mass is 16.5. The Labute approximate surface area is 157 Å². The lowest BCUT2D eigenvalue weighted by molar-refractivity contribution is -0.132. The third kappa shape index (κ3) is 3.77. The minimum Gasteiger partial charge on any atom is -0.497 e. The third-order valence-corrected chi connectivity index (χ3v) is 4.58. The first-order valence-corrected chi connectivity index (χ1v) is 8.87. The summed E-state index contributed by atoms with van der Waals surface area (Å²) in [5.41, 5.74) is 1.99. The van der Waals surface area contributed by atoms with Crippen LogP contribution in [0.2, 0.25) is 0 Å². The monoisotopic (exact) mass is 360 g/mol. The van der Waals surface area contributed by atoms with Gasteiger partial charge < -0.3 is 9.47 Å². The second kappa shape index (κ2) is 7.50. The van der Waals surface area contributed by atoms with E-state index >= 15 is 0 Å². The first-order valence-electron chi connectivity index (χ1n) is 8.87. The number of hydrogen-bond donors (Lipinski definition) is 0. The highest BCUT2D eigenvalue weighted by molar-refractivity contribution is 6.02. The molecular formula is C22H20N2O3. The number of nitrogens with zero attached hydrogens (tertiary/aromatic N) is 2. The molecule has 4 rings (SSSR count). The quantitative estimate of drug-likeness (QED) is 0.694. The van der Waals surface area contributed by atoms with Gasteiger partial charge in [0.2, 0.25) is 0 Å². The number of carbonyl (C=O) groups excluding carboxylic acids is 1. The van der Waals surface area contributed by atoms with Gasteiger partial charge >= 0.3 is 0 Å². The van der Waals surface area contributed by atoms with Gasteiger partial charge in [-0.1, -0.05) is 42.5 Å². The van der Waals surface area contributed by atoms with Crippen LogP contribution in [-0.2, 0) is 4.79 Å². The molecule has 0 N–H and O–H groups in total. The fourth-order valence-electron chi connectivity index (χ4n) is 3.11. The van der Waals surface area contributed by atoms with Crippen molar-refractivity contribution < 1.29 is 14.3 Å². The van der Waals surface area contributed by atoms with Crippen molar-refractivity contribution in [1.29, 1.82) is 0 Å². The van der Waals surface area contributed by atoms with E-state index in [1.165, 1.54) is 5.01 Å². The Bertz CT molecular complexity index is 999. The fourth-order valence-corrected chi connectivity index (χ4v) is 3.11. The molecule has 1 aliphatic rings. The van der Waals surface area contributed by atoms with Crippen LogP contribution < -0.4 is 9.47 Å². The number of methoxy groups -OCH3 is 1. The number of hydrazone groups is 1. The molecule has 1 amide bonds. The van der Waals surface area contributed by atoms with Crippen molar-refractivity contribution in [3.63, 3.8) is 0 Å². The van der Waals surface area contributed by atoms with Gasteiger partial charge in [0.1, 0.15) is 11.5 Å². The first kappa shape index (κ1) is 17.1. The van der Waals surface area contributed by atoms with Gasteiger partial charge in [0.05, 0.1) is 19.4 Å². The smallest absolute Gasteiger partial charge is 0.280 e. The summed E-state index contributed by atoms with van der Waals surface area (Å²) in [6.07, 6.45) is 0.755. The Balaban J connectivity index is 1.42. The molecule has 0 saturated heterocycles. The summed E-state index contributed by atoms with van der Waals surface area (Å²) in [5, 5.41) is 8.03. The molecule has 5 nitrogen and oxygen atoms in total. The van der Waals surface area contributed by atoms with E-state index < -0.39 is 0 Å². The summed E-state index contributed by atoms with van der Waals surface area (Å²) in [5.74, 6) is 1.29. The molecule has 3 aromatic carbocycles. The van der Waals surface area contributed by atoms with Gasteiger partial charge in [0.25, 0.3) is 5.91 Å². The summed E-state index contributed by atoms with van der Waals surface area (Å²) in [7, 11) is 1.64. The summed E-state index contributed by atoms with van der Waals surface area (Å²) < 4.78 is 11.0. The lowest BCUT2D eigenvalue weighted by atomic mass is 10.1. The Hall–Kier alpha value is -3.34. The van der Waals surface area contributed by atoms with E-state index in [2.05, 4.69) is 5.10 Å². The molecule has 0 unspecified atom stereocenters. The number of amides is 1. The lowest BCUT2D eigenvalue weighted by Crippen LogP contribution is -2.28. The van der Waals surface area contributed by atoms with Crippen molar-refractivity contribution in [1.82, 2.24) is 5.01 Å². The van der Waals surface area contributed by atoms with Gasteiger partial charge in [-0.3, -0.25) is 4.79 Å². The van der Waals surface area contributed by atoms with E-state index in [0.29, 0.717) is 12.3 Å². The molecule has 0 saturated carbocycles. The van der Waals surface area contributed by atoms with E-state index in [-0.39, 0.29) is 12.5 Å². The highest BCUT2D eigenvalue weighted by Crippen LogP contribution is 2.25. The Kier molecular flexibility index (Phi) is 4.75. The molecule has 1 aliphatic heterocycles. The highest BCUT2D eigenvalue weighted by Gasteiger charge is 2.21. The average Bonchev–Trinajstić information content (AvgIpc) is 3.22. The minimum atomic E-state index is -0.147. The zero-order valence-corrected chi connectivity index (χ0v) is 15.1. The average molecular weight is 360 g/mol. The molecule has 0 aromatic heterocycles. The van der Waals surface area contributed by atoms with E-state index in [1.54, 1.807) is 7.11 Å². The van der Waals surface area contributed by atoms with E-state index in [1.807, 2.05) is 66.7 Å². The van der Waals surface area contributed by atoms with Crippen LogP contribution in [0.15, 0.2) is 71.8 Å². The van der Waals surface area contributed by atoms with Crippen LogP contribution in [0.5, 0.6) is 11.5 Å². The molecule has 27 heavy (non-hydrogen) atoms. The molecule has 0 aliphatic carbocycles. The molecule has 136 valence electrons. The topological polar surface area (TPSA) is 51.1 Å². The van der Waals surface area contributed by atoms with E-state index in [9.17, 15) is 4.79 Å². The molecular weight excluding hydrogens is 340 g/mol. The number of hydrogen-bond acceptors (Lipinski definition) is 4. The van der Waals surface area contributed by atoms with Crippen LogP contribution in [-0.4, -0.2) is 36.9 Å². The van der Waals surface area contributed by atoms with Crippen molar-refractivity contribution in [2.45, 2.75) is 6.42 Å². The van der Waals surface area contributed by atoms with Crippen molar-refractivity contribution in [3.8, 4) is 11.5 Å². The summed E-state index contributed by atoms with van der Waals surface area (Å²) in [6, 6.07) is 21.5. The molecule has 5 heteroatoms. The van der Waals surface area contributed by atoms with Gasteiger partial charge in [-0.15, -0.1) is 0 Å². The second-order valence-electron chi connectivity index (χ2n) is 6.34. The number of benzene rings is 3. The lowest BCUT2D eigenvalue weighted by Gasteiger charge is -2.12. The van der Waals surface area contributed by atoms with Gasteiger partial charge in [-0.25, -0.2) is 5.01 Å². The molecule has 0 fully saturated rings. The minimum absolute atomic E-state index is 0.0406. The van der Waals surface area contributed by atoms with Crippen molar-refractivity contribution in [2.24, 2.45) is 5.10 Å². The van der Waals surface area contributed by atoms with Crippen LogP contribution in [0.3, 0.4) is 0 Å². The van der Waals surface area contributed by atoms with Gasteiger partial charge in [0.15, 0.2) is 6.61 Å². The largest absolute Gasteiger partial charge is 0.497 e. The Morgan fingerprint density at radius 3 is 2.52 bits per heavy atom. The number of carbonyl (C=O) groups is 1. The number of rotatable bonds is 5. The molecule has 0 bridgehead atoms. The third-order valence-electron chi connectivity index (χ3n) is 4.58. The van der Waals surface area contributed by atoms with Crippen molar-refractivity contribution in [2.75, 3.05) is 20.3 Å². The van der Waals surface area contributed by atoms with Crippen LogP contribution in [0.1, 0.15) is 12.0 Å². The number of fused-ring (bicyclic) bond motifs is 1. The number of ether oxygens (including phenoxy) is 2. The van der Waals surface area contributed by atoms with Crippen LogP contribution in [0.4, 0.5) is 0 Å². The fraction of sp³-hybridized carbons (Fsp3) is 0.182. The molecule has 1 heterocycles. The molecule has 0 radical (unpaired) electrons. The SMILES string of the molecule is COc1ccc2ccc(OCC(=O)N3CCC(c4ccccc4)=N3)cc2c1. The maximum atomic E-state index is 12.4. The predicted molar refractivity (Wildman–Crippen MR) is 105 cm³/mol.